The molecule has 33 heavy (non-hydrogen) atoms. The Morgan fingerprint density at radius 2 is 1.70 bits per heavy atom. The van der Waals surface area contributed by atoms with Crippen molar-refractivity contribution in [1.29, 1.82) is 0 Å². The summed E-state index contributed by atoms with van der Waals surface area (Å²) in [5.41, 5.74) is 4.44. The highest BCUT2D eigenvalue weighted by atomic mass is 16.2. The zero-order valence-electron chi connectivity index (χ0n) is 20.1. The van der Waals surface area contributed by atoms with Gasteiger partial charge in [0.2, 0.25) is 11.8 Å². The first-order valence-electron chi connectivity index (χ1n) is 12.2. The molecule has 0 spiro atoms. The molecule has 0 saturated carbocycles. The molecule has 4 rings (SSSR count). The van der Waals surface area contributed by atoms with E-state index in [9.17, 15) is 9.59 Å². The number of anilines is 2. The largest absolute Gasteiger partial charge is 0.369 e. The number of benzene rings is 2. The van der Waals surface area contributed by atoms with Crippen LogP contribution in [0.1, 0.15) is 43.7 Å². The number of nitrogens with zero attached hydrogens (tertiary/aromatic N) is 3. The molecule has 6 nitrogen and oxygen atoms in total. The van der Waals surface area contributed by atoms with E-state index < -0.39 is 0 Å². The molecular weight excluding hydrogens is 412 g/mol. The van der Waals surface area contributed by atoms with Gasteiger partial charge in [0.1, 0.15) is 0 Å². The molecule has 1 N–H and O–H groups in total. The van der Waals surface area contributed by atoms with Crippen LogP contribution in [0.4, 0.5) is 11.4 Å². The number of rotatable bonds is 7. The Bertz CT molecular complexity index is 984. The van der Waals surface area contributed by atoms with Crippen molar-refractivity contribution in [2.24, 2.45) is 5.92 Å². The number of piperazine rings is 1. The van der Waals surface area contributed by atoms with E-state index in [0.29, 0.717) is 19.0 Å². The second kappa shape index (κ2) is 10.4. The maximum Gasteiger partial charge on any atom is 0.227 e. The molecule has 2 amide bonds. The number of carbonyl (C=O) groups is 2. The van der Waals surface area contributed by atoms with E-state index in [1.54, 1.807) is 0 Å². The summed E-state index contributed by atoms with van der Waals surface area (Å²) >= 11 is 0. The predicted octanol–water partition coefficient (Wildman–Crippen LogP) is 3.62. The number of likely N-dealkylation sites (N-methyl/N-ethyl adjacent to an activating group) is 1. The second-order valence-electron chi connectivity index (χ2n) is 9.41. The van der Waals surface area contributed by atoms with Gasteiger partial charge in [-0.3, -0.25) is 9.59 Å². The Hall–Kier alpha value is -2.86. The van der Waals surface area contributed by atoms with Crippen LogP contribution in [0, 0.1) is 5.92 Å². The van der Waals surface area contributed by atoms with Crippen LogP contribution < -0.4 is 15.1 Å². The lowest BCUT2D eigenvalue weighted by atomic mass is 9.96. The summed E-state index contributed by atoms with van der Waals surface area (Å²) in [7, 11) is 2.15. The van der Waals surface area contributed by atoms with Crippen LogP contribution in [-0.4, -0.2) is 56.5 Å². The lowest BCUT2D eigenvalue weighted by molar-refractivity contribution is -0.126. The van der Waals surface area contributed by atoms with Gasteiger partial charge in [-0.1, -0.05) is 50.2 Å². The molecule has 2 unspecified atom stereocenters. The standard InChI is InChI=1S/C27H36N4O2/c1-4-20(2)23-10-6-8-12-25(23)31-19-22(17-26(31)32)27(33)28-18-21-9-5-7-11-24(21)30-15-13-29(3)14-16-30/h5-12,20,22H,4,13-19H2,1-3H3,(H,28,33). The van der Waals surface area contributed by atoms with E-state index in [-0.39, 0.29) is 24.2 Å². The fourth-order valence-corrected chi connectivity index (χ4v) is 4.83. The summed E-state index contributed by atoms with van der Waals surface area (Å²) in [5.74, 6) is 0.0371. The summed E-state index contributed by atoms with van der Waals surface area (Å²) in [4.78, 5) is 32.4. The number of hydrogen-bond acceptors (Lipinski definition) is 4. The maximum absolute atomic E-state index is 13.0. The fourth-order valence-electron chi connectivity index (χ4n) is 4.83. The highest BCUT2D eigenvalue weighted by Gasteiger charge is 2.36. The first kappa shape index (κ1) is 23.3. The van der Waals surface area contributed by atoms with E-state index in [1.165, 1.54) is 11.3 Å². The first-order chi connectivity index (χ1) is 16.0. The molecule has 0 radical (unpaired) electrons. The van der Waals surface area contributed by atoms with Crippen LogP contribution in [0.2, 0.25) is 0 Å². The summed E-state index contributed by atoms with van der Waals surface area (Å²) in [5, 5.41) is 3.12. The highest BCUT2D eigenvalue weighted by Crippen LogP contribution is 2.33. The van der Waals surface area contributed by atoms with Crippen LogP contribution in [0.3, 0.4) is 0 Å². The molecule has 2 aliphatic heterocycles. The molecule has 2 aromatic carbocycles. The normalized spacial score (nSPS) is 20.2. The zero-order chi connectivity index (χ0) is 23.4. The Kier molecular flexibility index (Phi) is 7.33. The molecule has 2 atom stereocenters. The summed E-state index contributed by atoms with van der Waals surface area (Å²) in [6.07, 6.45) is 1.27. The number of amides is 2. The Balaban J connectivity index is 1.41. The summed E-state index contributed by atoms with van der Waals surface area (Å²) in [6, 6.07) is 16.4. The Labute approximate surface area is 197 Å². The topological polar surface area (TPSA) is 55.9 Å². The lowest BCUT2D eigenvalue weighted by Crippen LogP contribution is -2.45. The zero-order valence-corrected chi connectivity index (χ0v) is 20.1. The van der Waals surface area contributed by atoms with Crippen LogP contribution in [0.25, 0.3) is 0 Å². The van der Waals surface area contributed by atoms with Crippen LogP contribution in [0.15, 0.2) is 48.5 Å². The molecular formula is C27H36N4O2. The van der Waals surface area contributed by atoms with Gasteiger partial charge in [-0.05, 0) is 42.6 Å². The van der Waals surface area contributed by atoms with Gasteiger partial charge < -0.3 is 20.0 Å². The van der Waals surface area contributed by atoms with Crippen molar-refractivity contribution >= 4 is 23.2 Å². The number of nitrogens with one attached hydrogen (secondary N) is 1. The van der Waals surface area contributed by atoms with Gasteiger partial charge in [0.25, 0.3) is 0 Å². The highest BCUT2D eigenvalue weighted by molar-refractivity contribution is 6.00. The van der Waals surface area contributed by atoms with Gasteiger partial charge in [0, 0.05) is 57.1 Å². The third-order valence-corrected chi connectivity index (χ3v) is 7.16. The maximum atomic E-state index is 13.0. The van der Waals surface area contributed by atoms with Gasteiger partial charge >= 0.3 is 0 Å². The SMILES string of the molecule is CCC(C)c1ccccc1N1CC(C(=O)NCc2ccccc2N2CCN(C)CC2)CC1=O. The second-order valence-corrected chi connectivity index (χ2v) is 9.41. The third kappa shape index (κ3) is 5.22. The molecule has 2 saturated heterocycles. The van der Waals surface area contributed by atoms with Crippen molar-refractivity contribution in [2.45, 2.75) is 39.2 Å². The number of hydrogen-bond donors (Lipinski definition) is 1. The van der Waals surface area contributed by atoms with Crippen molar-refractivity contribution in [3.05, 3.63) is 59.7 Å². The molecule has 2 heterocycles. The van der Waals surface area contributed by atoms with Crippen LogP contribution in [-0.2, 0) is 16.1 Å². The Morgan fingerprint density at radius 1 is 1.03 bits per heavy atom. The number of para-hydroxylation sites is 2. The Morgan fingerprint density at radius 3 is 2.42 bits per heavy atom. The van der Waals surface area contributed by atoms with Crippen LogP contribution in [0.5, 0.6) is 0 Å². The van der Waals surface area contributed by atoms with Crippen molar-refractivity contribution in [3.8, 4) is 0 Å². The van der Waals surface area contributed by atoms with E-state index in [4.69, 9.17) is 0 Å². The fraction of sp³-hybridized carbons (Fsp3) is 0.481. The van der Waals surface area contributed by atoms with Gasteiger partial charge in [-0.2, -0.15) is 0 Å². The summed E-state index contributed by atoms with van der Waals surface area (Å²) < 4.78 is 0. The number of carbonyl (C=O) groups excluding carboxylic acids is 2. The van der Waals surface area contributed by atoms with Crippen molar-refractivity contribution < 1.29 is 9.59 Å². The molecule has 0 aliphatic carbocycles. The van der Waals surface area contributed by atoms with Crippen molar-refractivity contribution in [3.63, 3.8) is 0 Å². The van der Waals surface area contributed by atoms with E-state index in [2.05, 4.69) is 60.3 Å². The summed E-state index contributed by atoms with van der Waals surface area (Å²) in [6.45, 7) is 9.32. The average molecular weight is 449 g/mol. The quantitative estimate of drug-likeness (QED) is 0.703. The molecule has 6 heteroatoms. The van der Waals surface area contributed by atoms with Gasteiger partial charge in [-0.25, -0.2) is 0 Å². The van der Waals surface area contributed by atoms with Crippen LogP contribution >= 0.6 is 0 Å². The third-order valence-electron chi connectivity index (χ3n) is 7.16. The van der Waals surface area contributed by atoms with Gasteiger partial charge in [-0.15, -0.1) is 0 Å². The first-order valence-corrected chi connectivity index (χ1v) is 12.2. The average Bonchev–Trinajstić information content (AvgIpc) is 3.24. The molecule has 2 fully saturated rings. The minimum Gasteiger partial charge on any atom is -0.369 e. The van der Waals surface area contributed by atoms with Crippen molar-refractivity contribution in [2.75, 3.05) is 49.6 Å². The lowest BCUT2D eigenvalue weighted by Gasteiger charge is -2.35. The van der Waals surface area contributed by atoms with Gasteiger partial charge in [0.15, 0.2) is 0 Å². The van der Waals surface area contributed by atoms with E-state index in [0.717, 1.165) is 43.9 Å². The minimum atomic E-state index is -0.321. The molecule has 0 aromatic heterocycles. The smallest absolute Gasteiger partial charge is 0.227 e. The predicted molar refractivity (Wildman–Crippen MR) is 134 cm³/mol. The molecule has 176 valence electrons. The van der Waals surface area contributed by atoms with E-state index >= 15 is 0 Å². The van der Waals surface area contributed by atoms with Crippen molar-refractivity contribution in [1.82, 2.24) is 10.2 Å². The van der Waals surface area contributed by atoms with E-state index in [1.807, 2.05) is 29.2 Å². The monoisotopic (exact) mass is 448 g/mol. The minimum absolute atomic E-state index is 0.0312. The molecule has 2 aliphatic rings. The van der Waals surface area contributed by atoms with Gasteiger partial charge in [0.05, 0.1) is 5.92 Å². The molecule has 2 aromatic rings. The molecule has 0 bridgehead atoms.